The Kier molecular flexibility index (Phi) is 7.05. The number of aryl methyl sites for hydroxylation is 1. The van der Waals surface area contributed by atoms with Crippen LogP contribution in [0.25, 0.3) is 10.9 Å². The molecule has 1 atom stereocenters. The maximum Gasteiger partial charge on any atom is 0.253 e. The monoisotopic (exact) mass is 427 g/mol. The summed E-state index contributed by atoms with van der Waals surface area (Å²) >= 11 is 5.82. The minimum atomic E-state index is -0.0190. The Balaban J connectivity index is 1.56. The van der Waals surface area contributed by atoms with Crippen LogP contribution in [0.1, 0.15) is 63.0 Å². The first kappa shape index (κ1) is 21.3. The number of aromatic amines is 1. The van der Waals surface area contributed by atoms with E-state index in [0.717, 1.165) is 66.8 Å². The van der Waals surface area contributed by atoms with Gasteiger partial charge in [-0.25, -0.2) is 0 Å². The van der Waals surface area contributed by atoms with Crippen molar-refractivity contribution in [1.82, 2.24) is 15.2 Å². The molecule has 5 nitrogen and oxygen atoms in total. The molecule has 4 rings (SSSR count). The number of fused-ring (bicyclic) bond motifs is 1. The third-order valence-corrected chi connectivity index (χ3v) is 6.89. The number of nitrogens with one attached hydrogen (secondary N) is 2. The van der Waals surface area contributed by atoms with E-state index >= 15 is 0 Å². The van der Waals surface area contributed by atoms with E-state index in [1.807, 2.05) is 12.1 Å². The van der Waals surface area contributed by atoms with Crippen molar-refractivity contribution in [3.05, 3.63) is 45.7 Å². The second kappa shape index (κ2) is 9.92. The Hall–Kier alpha value is -1.92. The summed E-state index contributed by atoms with van der Waals surface area (Å²) in [6.45, 7) is 4.29. The fourth-order valence-corrected chi connectivity index (χ4v) is 4.99. The Bertz CT molecular complexity index is 930. The van der Waals surface area contributed by atoms with E-state index in [2.05, 4.69) is 34.3 Å². The molecule has 1 saturated heterocycles. The van der Waals surface area contributed by atoms with Crippen molar-refractivity contribution in [1.29, 1.82) is 0 Å². The Morgan fingerprint density at radius 3 is 2.77 bits per heavy atom. The van der Waals surface area contributed by atoms with Crippen LogP contribution in [0.15, 0.2) is 29.1 Å². The smallest absolute Gasteiger partial charge is 0.253 e. The highest BCUT2D eigenvalue weighted by molar-refractivity contribution is 7.80. The van der Waals surface area contributed by atoms with Gasteiger partial charge >= 0.3 is 0 Å². The van der Waals surface area contributed by atoms with Gasteiger partial charge in [-0.2, -0.15) is 0 Å². The molecule has 2 N–H and O–H groups in total. The number of hydrogen-bond acceptors (Lipinski definition) is 3. The lowest BCUT2D eigenvalue weighted by Gasteiger charge is -2.36. The van der Waals surface area contributed by atoms with Crippen LogP contribution in [0.2, 0.25) is 0 Å². The van der Waals surface area contributed by atoms with Crippen molar-refractivity contribution in [2.45, 2.75) is 77.0 Å². The molecule has 2 heterocycles. The molecule has 2 aliphatic rings. The van der Waals surface area contributed by atoms with Crippen LogP contribution >= 0.6 is 12.2 Å². The fourth-order valence-electron chi connectivity index (χ4n) is 4.69. The molecule has 1 aromatic carbocycles. The molecule has 1 aliphatic heterocycles. The van der Waals surface area contributed by atoms with E-state index in [1.54, 1.807) is 0 Å². The van der Waals surface area contributed by atoms with E-state index in [0.29, 0.717) is 12.6 Å². The summed E-state index contributed by atoms with van der Waals surface area (Å²) in [5.41, 5.74) is 2.93. The van der Waals surface area contributed by atoms with Gasteiger partial charge in [0.25, 0.3) is 5.56 Å². The molecule has 1 aromatic heterocycles. The molecule has 0 radical (unpaired) electrons. The Labute approximate surface area is 184 Å². The predicted molar refractivity (Wildman–Crippen MR) is 126 cm³/mol. The summed E-state index contributed by atoms with van der Waals surface area (Å²) in [5.74, 6) is 0. The summed E-state index contributed by atoms with van der Waals surface area (Å²) in [4.78, 5) is 18.2. The quantitative estimate of drug-likeness (QED) is 0.674. The number of nitrogens with zero attached hydrogens (tertiary/aromatic N) is 1. The number of H-pyrrole nitrogens is 1. The zero-order valence-corrected chi connectivity index (χ0v) is 18.7. The van der Waals surface area contributed by atoms with Crippen LogP contribution in [0.4, 0.5) is 0 Å². The maximum atomic E-state index is 12.8. The number of rotatable bonds is 6. The fraction of sp³-hybridized carbons (Fsp3) is 0.583. The Morgan fingerprint density at radius 1 is 1.20 bits per heavy atom. The molecule has 1 saturated carbocycles. The molecule has 162 valence electrons. The van der Waals surface area contributed by atoms with Crippen molar-refractivity contribution in [3.63, 3.8) is 0 Å². The molecule has 6 heteroatoms. The van der Waals surface area contributed by atoms with Gasteiger partial charge in [0, 0.05) is 30.3 Å². The van der Waals surface area contributed by atoms with E-state index in [4.69, 9.17) is 17.0 Å². The van der Waals surface area contributed by atoms with Crippen molar-refractivity contribution in [2.24, 2.45) is 0 Å². The van der Waals surface area contributed by atoms with Gasteiger partial charge in [-0.05, 0) is 73.5 Å². The highest BCUT2D eigenvalue weighted by Gasteiger charge is 2.25. The average Bonchev–Trinajstić information content (AvgIpc) is 3.30. The van der Waals surface area contributed by atoms with E-state index in [1.165, 1.54) is 24.8 Å². The van der Waals surface area contributed by atoms with Gasteiger partial charge in [0.15, 0.2) is 5.11 Å². The molecule has 0 spiro atoms. The second-order valence-corrected chi connectivity index (χ2v) is 9.03. The zero-order valence-electron chi connectivity index (χ0n) is 17.9. The van der Waals surface area contributed by atoms with E-state index in [9.17, 15) is 4.79 Å². The number of benzene rings is 1. The lowest BCUT2D eigenvalue weighted by molar-refractivity contribution is 0.112. The lowest BCUT2D eigenvalue weighted by Crippen LogP contribution is -2.48. The van der Waals surface area contributed by atoms with Gasteiger partial charge in [-0.3, -0.25) is 4.79 Å². The Morgan fingerprint density at radius 2 is 2.03 bits per heavy atom. The molecule has 30 heavy (non-hydrogen) atoms. The second-order valence-electron chi connectivity index (χ2n) is 8.64. The van der Waals surface area contributed by atoms with Gasteiger partial charge in [0.2, 0.25) is 0 Å². The first-order valence-corrected chi connectivity index (χ1v) is 11.9. The molecule has 0 amide bonds. The summed E-state index contributed by atoms with van der Waals surface area (Å²) in [6.07, 6.45) is 9.44. The third kappa shape index (κ3) is 5.03. The average molecular weight is 428 g/mol. The molecule has 1 aliphatic carbocycles. The number of pyridine rings is 1. The molecule has 0 bridgehead atoms. The molecule has 0 unspecified atom stereocenters. The number of thiocarbonyl (C=S) groups is 1. The zero-order chi connectivity index (χ0) is 20.9. The highest BCUT2D eigenvalue weighted by Crippen LogP contribution is 2.25. The van der Waals surface area contributed by atoms with Crippen LogP contribution < -0.4 is 10.9 Å². The van der Waals surface area contributed by atoms with Gasteiger partial charge in [-0.15, -0.1) is 0 Å². The minimum absolute atomic E-state index is 0.0190. The molecular formula is C24H33N3O2S. The first-order chi connectivity index (χ1) is 14.6. The van der Waals surface area contributed by atoms with Gasteiger partial charge in [0.1, 0.15) is 0 Å². The minimum Gasteiger partial charge on any atom is -0.376 e. The van der Waals surface area contributed by atoms with E-state index < -0.39 is 0 Å². The standard InChI is InChI=1S/C24H33N3O2S/c1-2-17-10-11-22-18(13-17)14-19(23(28)26-22)16-27(20-7-4-3-5-8-20)24(30)25-15-21-9-6-12-29-21/h10-11,13-14,20-21H,2-9,12,15-16H2,1H3,(H,25,30)(H,26,28)/t21-/m0/s1. The van der Waals surface area contributed by atoms with Crippen LogP contribution in [0, 0.1) is 0 Å². The van der Waals surface area contributed by atoms with Gasteiger partial charge in [0.05, 0.1) is 12.6 Å². The SMILES string of the molecule is CCc1ccc2[nH]c(=O)c(CN(C(=S)NC[C@@H]3CCCO3)C3CCCCC3)cc2c1. The predicted octanol–water partition coefficient (Wildman–Crippen LogP) is 4.28. The van der Waals surface area contributed by atoms with Crippen molar-refractivity contribution in [3.8, 4) is 0 Å². The normalized spacial score (nSPS) is 19.8. The van der Waals surface area contributed by atoms with Gasteiger partial charge in [-0.1, -0.05) is 32.3 Å². The van der Waals surface area contributed by atoms with E-state index in [-0.39, 0.29) is 11.7 Å². The molecule has 2 aromatic rings. The van der Waals surface area contributed by atoms with Crippen molar-refractivity contribution < 1.29 is 4.74 Å². The third-order valence-electron chi connectivity index (χ3n) is 6.52. The first-order valence-electron chi connectivity index (χ1n) is 11.4. The van der Waals surface area contributed by atoms with Crippen LogP contribution in [0.3, 0.4) is 0 Å². The molecule has 2 fully saturated rings. The van der Waals surface area contributed by atoms with Crippen molar-refractivity contribution in [2.75, 3.05) is 13.2 Å². The molecular weight excluding hydrogens is 394 g/mol. The van der Waals surface area contributed by atoms with Crippen LogP contribution in [-0.2, 0) is 17.7 Å². The number of hydrogen-bond donors (Lipinski definition) is 2. The lowest BCUT2D eigenvalue weighted by atomic mass is 9.94. The maximum absolute atomic E-state index is 12.8. The number of ether oxygens (including phenoxy) is 1. The van der Waals surface area contributed by atoms with Crippen LogP contribution in [0.5, 0.6) is 0 Å². The topological polar surface area (TPSA) is 57.4 Å². The summed E-state index contributed by atoms with van der Waals surface area (Å²) < 4.78 is 5.74. The summed E-state index contributed by atoms with van der Waals surface area (Å²) in [7, 11) is 0. The summed E-state index contributed by atoms with van der Waals surface area (Å²) in [6, 6.07) is 8.70. The van der Waals surface area contributed by atoms with Gasteiger partial charge < -0.3 is 19.9 Å². The van der Waals surface area contributed by atoms with Crippen LogP contribution in [-0.4, -0.2) is 40.3 Å². The largest absolute Gasteiger partial charge is 0.376 e. The highest BCUT2D eigenvalue weighted by atomic mass is 32.1. The number of aromatic nitrogens is 1. The summed E-state index contributed by atoms with van der Waals surface area (Å²) in [5, 5.41) is 5.28. The van der Waals surface area contributed by atoms with Crippen molar-refractivity contribution >= 4 is 28.2 Å².